The van der Waals surface area contributed by atoms with Crippen LogP contribution in [0.2, 0.25) is 10.0 Å². The van der Waals surface area contributed by atoms with Crippen molar-refractivity contribution in [1.82, 2.24) is 5.32 Å². The fraction of sp³-hybridized carbons (Fsp3) is 0.217. The zero-order chi connectivity index (χ0) is 21.8. The van der Waals surface area contributed by atoms with Gasteiger partial charge < -0.3 is 24.3 Å². The molecule has 0 fully saturated rings. The molecule has 162 valence electrons. The van der Waals surface area contributed by atoms with Crippen molar-refractivity contribution in [2.24, 2.45) is 0 Å². The van der Waals surface area contributed by atoms with E-state index in [9.17, 15) is 0 Å². The maximum absolute atomic E-state index is 6.24. The molecule has 3 aromatic carbocycles. The molecule has 1 aliphatic rings. The van der Waals surface area contributed by atoms with Crippen LogP contribution in [0.15, 0.2) is 53.0 Å². The van der Waals surface area contributed by atoms with Gasteiger partial charge >= 0.3 is 0 Å². The monoisotopic (exact) mass is 523 g/mol. The summed E-state index contributed by atoms with van der Waals surface area (Å²) in [5.41, 5.74) is 3.01. The van der Waals surface area contributed by atoms with Crippen LogP contribution in [-0.4, -0.2) is 13.9 Å². The van der Waals surface area contributed by atoms with Gasteiger partial charge in [0.2, 0.25) is 6.79 Å². The highest BCUT2D eigenvalue weighted by Crippen LogP contribution is 2.35. The predicted octanol–water partition coefficient (Wildman–Crippen LogP) is 6.36. The Morgan fingerprint density at radius 3 is 2.58 bits per heavy atom. The number of rotatable bonds is 8. The van der Waals surface area contributed by atoms with Gasteiger partial charge in [0, 0.05) is 33.2 Å². The Labute approximate surface area is 199 Å². The molecule has 0 amide bonds. The second-order valence-corrected chi connectivity index (χ2v) is 8.61. The molecule has 0 unspecified atom stereocenters. The summed E-state index contributed by atoms with van der Waals surface area (Å²) in [4.78, 5) is 0. The van der Waals surface area contributed by atoms with Crippen LogP contribution in [0, 0.1) is 0 Å². The Hall–Kier alpha value is -2.12. The lowest BCUT2D eigenvalue weighted by Crippen LogP contribution is -2.13. The molecular formula is C23H20BrCl2NO4. The molecule has 0 spiro atoms. The van der Waals surface area contributed by atoms with Crippen LogP contribution < -0.4 is 24.3 Å². The second kappa shape index (κ2) is 10.0. The Kier molecular flexibility index (Phi) is 7.13. The molecule has 1 N–H and O–H groups in total. The summed E-state index contributed by atoms with van der Waals surface area (Å²) in [6.07, 6.45) is 0. The first-order chi connectivity index (χ1) is 15.0. The van der Waals surface area contributed by atoms with Crippen molar-refractivity contribution < 1.29 is 18.9 Å². The van der Waals surface area contributed by atoms with E-state index in [1.54, 1.807) is 19.2 Å². The molecule has 31 heavy (non-hydrogen) atoms. The average Bonchev–Trinajstić information content (AvgIpc) is 3.22. The van der Waals surface area contributed by atoms with E-state index in [-0.39, 0.29) is 6.79 Å². The molecule has 5 nitrogen and oxygen atoms in total. The van der Waals surface area contributed by atoms with Gasteiger partial charge in [0.1, 0.15) is 6.61 Å². The predicted molar refractivity (Wildman–Crippen MR) is 125 cm³/mol. The zero-order valence-electron chi connectivity index (χ0n) is 16.7. The average molecular weight is 525 g/mol. The fourth-order valence-corrected chi connectivity index (χ4v) is 4.10. The second-order valence-electron chi connectivity index (χ2n) is 6.91. The van der Waals surface area contributed by atoms with Crippen LogP contribution in [0.4, 0.5) is 0 Å². The molecule has 0 saturated carbocycles. The topological polar surface area (TPSA) is 49.0 Å². The van der Waals surface area contributed by atoms with Crippen LogP contribution in [0.3, 0.4) is 0 Å². The van der Waals surface area contributed by atoms with E-state index in [1.165, 1.54) is 0 Å². The summed E-state index contributed by atoms with van der Waals surface area (Å²) < 4.78 is 23.2. The summed E-state index contributed by atoms with van der Waals surface area (Å²) in [5.74, 6) is 2.84. The first-order valence-corrected chi connectivity index (χ1v) is 11.1. The van der Waals surface area contributed by atoms with Gasteiger partial charge in [0.15, 0.2) is 23.0 Å². The number of benzene rings is 3. The van der Waals surface area contributed by atoms with Crippen LogP contribution in [0.1, 0.15) is 16.7 Å². The molecule has 0 aliphatic carbocycles. The van der Waals surface area contributed by atoms with E-state index in [0.29, 0.717) is 41.2 Å². The summed E-state index contributed by atoms with van der Waals surface area (Å²) in [6, 6.07) is 15.1. The molecule has 4 rings (SSSR count). The molecule has 0 saturated heterocycles. The number of fused-ring (bicyclic) bond motifs is 1. The van der Waals surface area contributed by atoms with E-state index in [4.69, 9.17) is 42.1 Å². The lowest BCUT2D eigenvalue weighted by molar-refractivity contribution is 0.174. The van der Waals surface area contributed by atoms with Crippen molar-refractivity contribution in [2.75, 3.05) is 13.9 Å². The van der Waals surface area contributed by atoms with E-state index in [1.807, 2.05) is 36.4 Å². The van der Waals surface area contributed by atoms with Crippen molar-refractivity contribution in [3.63, 3.8) is 0 Å². The van der Waals surface area contributed by atoms with E-state index < -0.39 is 0 Å². The van der Waals surface area contributed by atoms with Gasteiger partial charge in [0.05, 0.1) is 7.11 Å². The van der Waals surface area contributed by atoms with Gasteiger partial charge in [-0.05, 0) is 47.5 Å². The van der Waals surface area contributed by atoms with Gasteiger partial charge in [-0.25, -0.2) is 0 Å². The summed E-state index contributed by atoms with van der Waals surface area (Å²) in [5, 5.41) is 4.59. The van der Waals surface area contributed by atoms with E-state index >= 15 is 0 Å². The van der Waals surface area contributed by atoms with Crippen LogP contribution in [0.5, 0.6) is 23.0 Å². The summed E-state index contributed by atoms with van der Waals surface area (Å²) in [7, 11) is 1.62. The molecule has 8 heteroatoms. The van der Waals surface area contributed by atoms with Crippen molar-refractivity contribution >= 4 is 39.1 Å². The van der Waals surface area contributed by atoms with Crippen LogP contribution >= 0.6 is 39.1 Å². The highest BCUT2D eigenvalue weighted by atomic mass is 79.9. The first-order valence-electron chi connectivity index (χ1n) is 9.56. The number of methoxy groups -OCH3 is 1. The standard InChI is InChI=1S/C23H20BrCl2NO4/c1-28-21-7-16(11-27-10-14-2-5-20-22(6-14)31-13-30-20)18(24)9-23(21)29-12-15-3-4-17(25)8-19(15)26/h2-9,27H,10-13H2,1H3. The molecular weight excluding hydrogens is 505 g/mol. The zero-order valence-corrected chi connectivity index (χ0v) is 19.8. The van der Waals surface area contributed by atoms with Gasteiger partial charge in [-0.1, -0.05) is 51.3 Å². The molecule has 1 aliphatic heterocycles. The Morgan fingerprint density at radius 2 is 1.77 bits per heavy atom. The lowest BCUT2D eigenvalue weighted by atomic mass is 10.1. The Balaban J connectivity index is 1.39. The Morgan fingerprint density at radius 1 is 0.935 bits per heavy atom. The number of hydrogen-bond donors (Lipinski definition) is 1. The highest BCUT2D eigenvalue weighted by molar-refractivity contribution is 9.10. The van der Waals surface area contributed by atoms with Gasteiger partial charge in [-0.2, -0.15) is 0 Å². The quantitative estimate of drug-likeness (QED) is 0.371. The molecule has 3 aromatic rings. The molecule has 0 aromatic heterocycles. The maximum atomic E-state index is 6.24. The number of nitrogens with one attached hydrogen (secondary N) is 1. The Bertz CT molecular complexity index is 1090. The normalized spacial score (nSPS) is 12.1. The van der Waals surface area contributed by atoms with Crippen molar-refractivity contribution in [1.29, 1.82) is 0 Å². The lowest BCUT2D eigenvalue weighted by Gasteiger charge is -2.15. The largest absolute Gasteiger partial charge is 0.493 e. The summed E-state index contributed by atoms with van der Waals surface area (Å²) in [6.45, 7) is 1.92. The van der Waals surface area contributed by atoms with E-state index in [2.05, 4.69) is 21.2 Å². The molecule has 1 heterocycles. The van der Waals surface area contributed by atoms with Crippen molar-refractivity contribution in [3.8, 4) is 23.0 Å². The minimum absolute atomic E-state index is 0.275. The highest BCUT2D eigenvalue weighted by Gasteiger charge is 2.14. The third kappa shape index (κ3) is 5.39. The number of ether oxygens (including phenoxy) is 4. The third-order valence-corrected chi connectivity index (χ3v) is 6.14. The number of halogens is 3. The fourth-order valence-electron chi connectivity index (χ4n) is 3.17. The first kappa shape index (κ1) is 22.1. The number of hydrogen-bond acceptors (Lipinski definition) is 5. The van der Waals surface area contributed by atoms with E-state index in [0.717, 1.165) is 32.7 Å². The minimum Gasteiger partial charge on any atom is -0.493 e. The van der Waals surface area contributed by atoms with Gasteiger partial charge in [-0.15, -0.1) is 0 Å². The third-order valence-electron chi connectivity index (χ3n) is 4.81. The smallest absolute Gasteiger partial charge is 0.231 e. The summed E-state index contributed by atoms with van der Waals surface area (Å²) >= 11 is 15.8. The van der Waals surface area contributed by atoms with Crippen LogP contribution in [-0.2, 0) is 19.7 Å². The minimum atomic E-state index is 0.275. The van der Waals surface area contributed by atoms with Crippen LogP contribution in [0.25, 0.3) is 0 Å². The molecule has 0 radical (unpaired) electrons. The van der Waals surface area contributed by atoms with Crippen molar-refractivity contribution in [3.05, 3.63) is 79.7 Å². The molecule has 0 atom stereocenters. The maximum Gasteiger partial charge on any atom is 0.231 e. The SMILES string of the molecule is COc1cc(CNCc2ccc3c(c2)OCO3)c(Br)cc1OCc1ccc(Cl)cc1Cl. The molecule has 0 bridgehead atoms. The van der Waals surface area contributed by atoms with Crippen molar-refractivity contribution in [2.45, 2.75) is 19.7 Å². The van der Waals surface area contributed by atoms with Gasteiger partial charge in [0.25, 0.3) is 0 Å². The van der Waals surface area contributed by atoms with Gasteiger partial charge in [-0.3, -0.25) is 0 Å².